The molecule has 0 atom stereocenters. The Balaban J connectivity index is 1.20. The van der Waals surface area contributed by atoms with Gasteiger partial charge in [0.1, 0.15) is 11.5 Å². The average Bonchev–Trinajstić information content (AvgIpc) is 3.62. The first kappa shape index (κ1) is 32.5. The fourth-order valence-electron chi connectivity index (χ4n) is 9.45. The third kappa shape index (κ3) is 4.64. The van der Waals surface area contributed by atoms with Crippen molar-refractivity contribution in [3.63, 3.8) is 0 Å². The van der Waals surface area contributed by atoms with Gasteiger partial charge < -0.3 is 9.64 Å². The molecule has 5 heteroatoms. The summed E-state index contributed by atoms with van der Waals surface area (Å²) in [5, 5.41) is 2.17. The normalized spacial score (nSPS) is 13.4. The first-order chi connectivity index (χ1) is 28.8. The number of rotatable bonds is 4. The lowest BCUT2D eigenvalue weighted by Gasteiger charge is -2.48. The average molecular weight is 743 g/mol. The van der Waals surface area contributed by atoms with E-state index in [1.165, 1.54) is 11.1 Å². The summed E-state index contributed by atoms with van der Waals surface area (Å²) in [6.07, 6.45) is 0. The summed E-state index contributed by atoms with van der Waals surface area (Å²) in [5.41, 5.74) is 13.0. The number of nitrogens with zero attached hydrogens (tertiary/aromatic N) is 4. The monoisotopic (exact) mass is 742 g/mol. The van der Waals surface area contributed by atoms with E-state index < -0.39 is 5.41 Å². The van der Waals surface area contributed by atoms with Crippen molar-refractivity contribution in [3.8, 4) is 40.0 Å². The Hall–Kier alpha value is -7.76. The van der Waals surface area contributed by atoms with Crippen LogP contribution in [0, 0.1) is 0 Å². The van der Waals surface area contributed by atoms with Crippen molar-refractivity contribution < 1.29 is 4.74 Å². The molecule has 2 aromatic heterocycles. The highest BCUT2D eigenvalue weighted by Crippen LogP contribution is 2.63. The molecule has 2 aliphatic rings. The molecule has 0 radical (unpaired) electrons. The van der Waals surface area contributed by atoms with Crippen molar-refractivity contribution >= 4 is 38.9 Å². The molecular weight excluding hydrogens is 709 g/mol. The summed E-state index contributed by atoms with van der Waals surface area (Å²) in [5.74, 6) is 2.29. The van der Waals surface area contributed by atoms with E-state index in [2.05, 4.69) is 204 Å². The summed E-state index contributed by atoms with van der Waals surface area (Å²) >= 11 is 0. The zero-order valence-electron chi connectivity index (χ0n) is 31.3. The van der Waals surface area contributed by atoms with E-state index in [4.69, 9.17) is 14.7 Å². The fourth-order valence-corrected chi connectivity index (χ4v) is 9.45. The van der Waals surface area contributed by atoms with Crippen LogP contribution in [0.3, 0.4) is 0 Å². The number of fused-ring (bicyclic) bond motifs is 11. The van der Waals surface area contributed by atoms with Gasteiger partial charge in [0, 0.05) is 38.7 Å². The molecule has 0 saturated heterocycles. The second-order valence-electron chi connectivity index (χ2n) is 14.9. The molecule has 10 aromatic rings. The van der Waals surface area contributed by atoms with Gasteiger partial charge in [-0.2, -0.15) is 0 Å². The summed E-state index contributed by atoms with van der Waals surface area (Å²) in [7, 11) is 0. The fraction of sp³-hybridized carbons (Fsp3) is 0.0189. The van der Waals surface area contributed by atoms with Gasteiger partial charge in [-0.3, -0.25) is 4.57 Å². The molecule has 0 fully saturated rings. The van der Waals surface area contributed by atoms with E-state index in [1.807, 2.05) is 12.1 Å². The lowest BCUT2D eigenvalue weighted by Crippen LogP contribution is -2.39. The number of hydrogen-bond acceptors (Lipinski definition) is 4. The highest BCUT2D eigenvalue weighted by atomic mass is 16.5. The van der Waals surface area contributed by atoms with Crippen LogP contribution in [0.5, 0.6) is 11.5 Å². The number of benzene rings is 8. The Labute approximate surface area is 335 Å². The molecule has 1 spiro atoms. The molecule has 0 bridgehead atoms. The van der Waals surface area contributed by atoms with Crippen LogP contribution in [0.4, 0.5) is 17.1 Å². The third-order valence-corrected chi connectivity index (χ3v) is 11.9. The first-order valence-electron chi connectivity index (χ1n) is 19.7. The van der Waals surface area contributed by atoms with Crippen molar-refractivity contribution in [2.75, 3.05) is 4.90 Å². The standard InChI is InChI=1S/C53H34N4O/c1-4-18-35(19-5-1)44-34-45(36-20-6-2-7-21-36)55-52(54-44)57-46-28-14-10-24-38(46)39-32-51-43(33-49(39)57)53(42-27-13-17-31-50(42)58-51)40-25-11-15-29-47(40)56(37-22-8-3-9-23-37)48-30-16-12-26-41(48)53/h1-34H. The highest BCUT2D eigenvalue weighted by Gasteiger charge is 2.51. The van der Waals surface area contributed by atoms with E-state index >= 15 is 0 Å². The van der Waals surface area contributed by atoms with Gasteiger partial charge in [0.2, 0.25) is 5.95 Å². The van der Waals surface area contributed by atoms with Crippen LogP contribution < -0.4 is 9.64 Å². The number of para-hydroxylation sites is 5. The van der Waals surface area contributed by atoms with E-state index in [-0.39, 0.29) is 0 Å². The van der Waals surface area contributed by atoms with Crippen LogP contribution in [-0.4, -0.2) is 14.5 Å². The summed E-state index contributed by atoms with van der Waals surface area (Å²) < 4.78 is 9.26. The lowest BCUT2D eigenvalue weighted by molar-refractivity contribution is 0.435. The number of aromatic nitrogens is 3. The van der Waals surface area contributed by atoms with Crippen molar-refractivity contribution in [2.45, 2.75) is 5.41 Å². The van der Waals surface area contributed by atoms with Crippen molar-refractivity contribution in [1.82, 2.24) is 14.5 Å². The minimum atomic E-state index is -0.722. The first-order valence-corrected chi connectivity index (χ1v) is 19.7. The molecule has 58 heavy (non-hydrogen) atoms. The minimum absolute atomic E-state index is 0.609. The molecule has 0 aliphatic carbocycles. The molecule has 0 amide bonds. The van der Waals surface area contributed by atoms with Crippen LogP contribution in [0.1, 0.15) is 22.3 Å². The van der Waals surface area contributed by atoms with Crippen molar-refractivity contribution in [1.29, 1.82) is 0 Å². The molecule has 272 valence electrons. The maximum Gasteiger partial charge on any atom is 0.235 e. The predicted octanol–water partition coefficient (Wildman–Crippen LogP) is 13.2. The van der Waals surface area contributed by atoms with Crippen molar-refractivity contribution in [3.05, 3.63) is 229 Å². The number of anilines is 3. The Morgan fingerprint density at radius 2 is 0.931 bits per heavy atom. The molecule has 0 saturated carbocycles. The smallest absolute Gasteiger partial charge is 0.235 e. The molecule has 12 rings (SSSR count). The second-order valence-corrected chi connectivity index (χ2v) is 14.9. The van der Waals surface area contributed by atoms with E-state index in [9.17, 15) is 0 Å². The van der Waals surface area contributed by atoms with Crippen molar-refractivity contribution in [2.24, 2.45) is 0 Å². The maximum atomic E-state index is 7.02. The summed E-state index contributed by atoms with van der Waals surface area (Å²) in [6.45, 7) is 0. The third-order valence-electron chi connectivity index (χ3n) is 11.9. The molecule has 2 aliphatic heterocycles. The zero-order valence-corrected chi connectivity index (χ0v) is 31.3. The summed E-state index contributed by atoms with van der Waals surface area (Å²) in [4.78, 5) is 13.1. The second kappa shape index (κ2) is 12.6. The number of ether oxygens (including phenoxy) is 1. The van der Waals surface area contributed by atoms with Gasteiger partial charge in [-0.25, -0.2) is 9.97 Å². The number of hydrogen-bond donors (Lipinski definition) is 0. The van der Waals surface area contributed by atoms with Gasteiger partial charge in [-0.05, 0) is 65.7 Å². The van der Waals surface area contributed by atoms with Gasteiger partial charge in [0.05, 0.1) is 39.2 Å². The quantitative estimate of drug-likeness (QED) is 0.180. The largest absolute Gasteiger partial charge is 0.457 e. The van der Waals surface area contributed by atoms with Crippen LogP contribution in [0.15, 0.2) is 206 Å². The van der Waals surface area contributed by atoms with E-state index in [1.54, 1.807) is 0 Å². The van der Waals surface area contributed by atoms with Crippen LogP contribution in [-0.2, 0) is 5.41 Å². The van der Waals surface area contributed by atoms with Gasteiger partial charge >= 0.3 is 0 Å². The Morgan fingerprint density at radius 1 is 0.397 bits per heavy atom. The molecule has 0 unspecified atom stereocenters. The zero-order chi connectivity index (χ0) is 38.2. The van der Waals surface area contributed by atoms with Gasteiger partial charge in [0.15, 0.2) is 0 Å². The molecule has 4 heterocycles. The Morgan fingerprint density at radius 3 is 1.59 bits per heavy atom. The highest BCUT2D eigenvalue weighted by molar-refractivity contribution is 6.10. The molecule has 5 nitrogen and oxygen atoms in total. The van der Waals surface area contributed by atoms with E-state index in [0.29, 0.717) is 5.95 Å². The van der Waals surface area contributed by atoms with Crippen LogP contribution >= 0.6 is 0 Å². The lowest BCUT2D eigenvalue weighted by atomic mass is 9.61. The Bertz CT molecular complexity index is 3110. The van der Waals surface area contributed by atoms with Gasteiger partial charge in [-0.15, -0.1) is 0 Å². The minimum Gasteiger partial charge on any atom is -0.457 e. The maximum absolute atomic E-state index is 7.02. The van der Waals surface area contributed by atoms with Crippen LogP contribution in [0.2, 0.25) is 0 Å². The van der Waals surface area contributed by atoms with Crippen LogP contribution in [0.25, 0.3) is 50.3 Å². The van der Waals surface area contributed by atoms with E-state index in [0.717, 1.165) is 84.0 Å². The Kier molecular flexibility index (Phi) is 7.07. The van der Waals surface area contributed by atoms with Gasteiger partial charge in [-0.1, -0.05) is 152 Å². The predicted molar refractivity (Wildman–Crippen MR) is 234 cm³/mol. The topological polar surface area (TPSA) is 43.2 Å². The molecular formula is C53H34N4O. The molecule has 8 aromatic carbocycles. The summed E-state index contributed by atoms with van der Waals surface area (Å²) in [6, 6.07) is 72.9. The molecule has 0 N–H and O–H groups in total. The SMILES string of the molecule is c1ccc(-c2cc(-c3ccccc3)nc(-n3c4ccccc4c4cc5c(cc43)C3(c4ccccc4O5)c4ccccc4N(c4ccccc4)c4ccccc43)n2)cc1. The van der Waals surface area contributed by atoms with Gasteiger partial charge in [0.25, 0.3) is 0 Å².